The molecule has 68 heavy (non-hydrogen) atoms. The Morgan fingerprint density at radius 1 is 0.971 bits per heavy atom. The van der Waals surface area contributed by atoms with Gasteiger partial charge in [0.1, 0.15) is 18.5 Å². The predicted octanol–water partition coefficient (Wildman–Crippen LogP) is 7.42. The second-order valence-electron chi connectivity index (χ2n) is 18.7. The van der Waals surface area contributed by atoms with Crippen LogP contribution in [0.5, 0.6) is 0 Å². The van der Waals surface area contributed by atoms with E-state index in [0.717, 1.165) is 10.6 Å². The molecule has 5 N–H and O–H groups in total. The average Bonchev–Trinajstić information content (AvgIpc) is 3.89. The Labute approximate surface area is 395 Å². The standard InChI is InChI=1S/C50H62FN9O8/c1-9-58(10-2)19-20-59(47(64)43-28(3)39(53-29(43)4)25-37-36-23-31(51)11-18-38(36)55-46(37)63)49(66)67-22-21-57(8)48(65)68-34-15-12-32(13-16-34)54-40-24-33(14-17-35(40)45(52)62)60-41-26-50(6,7)27-42(61)44(41)30(5)56-60/h11,14,17-18,23-25,32,34,53-54H,9-10,12-13,15-16,19-22,26-27H2,1-8H3,(H2,52,62)(H,55,63)/b37-25-. The third-order valence-electron chi connectivity index (χ3n) is 13.2. The summed E-state index contributed by atoms with van der Waals surface area (Å²) in [4.78, 5) is 87.2. The number of aromatic amines is 1. The van der Waals surface area contributed by atoms with Gasteiger partial charge in [-0.2, -0.15) is 5.10 Å². The molecule has 0 unspecified atom stereocenters. The van der Waals surface area contributed by atoms with Crippen molar-refractivity contribution in [3.63, 3.8) is 0 Å². The first kappa shape index (κ1) is 49.1. The van der Waals surface area contributed by atoms with Crippen molar-refractivity contribution in [2.75, 3.05) is 57.0 Å². The summed E-state index contributed by atoms with van der Waals surface area (Å²) in [6.07, 6.45) is 3.26. The van der Waals surface area contributed by atoms with Crippen molar-refractivity contribution in [1.29, 1.82) is 0 Å². The van der Waals surface area contributed by atoms with Gasteiger partial charge in [0.2, 0.25) is 0 Å². The molecule has 4 aromatic rings. The molecule has 0 spiro atoms. The molecule has 362 valence electrons. The summed E-state index contributed by atoms with van der Waals surface area (Å²) in [7, 11) is 1.54. The van der Waals surface area contributed by atoms with Gasteiger partial charge in [0, 0.05) is 60.9 Å². The van der Waals surface area contributed by atoms with Crippen LogP contribution < -0.4 is 16.4 Å². The van der Waals surface area contributed by atoms with Crippen LogP contribution >= 0.6 is 0 Å². The smallest absolute Gasteiger partial charge is 0.416 e. The molecule has 1 saturated carbocycles. The Morgan fingerprint density at radius 3 is 2.38 bits per heavy atom. The van der Waals surface area contributed by atoms with Gasteiger partial charge in [-0.25, -0.2) is 23.6 Å². The van der Waals surface area contributed by atoms with Crippen LogP contribution in [-0.4, -0.2) is 124 Å². The van der Waals surface area contributed by atoms with Gasteiger partial charge >= 0.3 is 12.2 Å². The van der Waals surface area contributed by atoms with Gasteiger partial charge in [0.25, 0.3) is 17.7 Å². The van der Waals surface area contributed by atoms with Gasteiger partial charge in [-0.1, -0.05) is 27.7 Å². The second-order valence-corrected chi connectivity index (χ2v) is 18.7. The molecule has 1 fully saturated rings. The molecule has 1 aliphatic heterocycles. The zero-order valence-corrected chi connectivity index (χ0v) is 40.1. The number of aryl methyl sites for hydroxylation is 2. The van der Waals surface area contributed by atoms with Crippen LogP contribution in [0.4, 0.5) is 25.4 Å². The zero-order chi connectivity index (χ0) is 49.2. The number of carbonyl (C=O) groups is 6. The minimum atomic E-state index is -0.877. The highest BCUT2D eigenvalue weighted by Gasteiger charge is 2.36. The number of primary amides is 1. The van der Waals surface area contributed by atoms with E-state index in [1.807, 2.05) is 26.8 Å². The van der Waals surface area contributed by atoms with E-state index < -0.39 is 35.7 Å². The maximum Gasteiger partial charge on any atom is 0.416 e. The summed E-state index contributed by atoms with van der Waals surface area (Å²) in [5, 5.41) is 11.0. The average molecular weight is 936 g/mol. The summed E-state index contributed by atoms with van der Waals surface area (Å²) < 4.78 is 27.4. The number of amides is 5. The van der Waals surface area contributed by atoms with Crippen molar-refractivity contribution in [2.24, 2.45) is 11.1 Å². The highest BCUT2D eigenvalue weighted by molar-refractivity contribution is 6.35. The molecule has 0 atom stereocenters. The van der Waals surface area contributed by atoms with Gasteiger partial charge in [-0.05, 0) is 119 Å². The van der Waals surface area contributed by atoms with Gasteiger partial charge in [-0.3, -0.25) is 19.2 Å². The van der Waals surface area contributed by atoms with Crippen LogP contribution in [0, 0.1) is 32.0 Å². The quantitative estimate of drug-likeness (QED) is 0.0861. The van der Waals surface area contributed by atoms with Crippen molar-refractivity contribution >= 4 is 58.7 Å². The number of nitrogens with zero attached hydrogens (tertiary/aromatic N) is 5. The summed E-state index contributed by atoms with van der Waals surface area (Å²) in [5.41, 5.74) is 12.1. The molecule has 18 heteroatoms. The van der Waals surface area contributed by atoms with E-state index in [1.54, 1.807) is 43.8 Å². The molecular weight excluding hydrogens is 874 g/mol. The number of nitrogens with two attached hydrogens (primary N) is 1. The number of hydrogen-bond acceptors (Lipinski definition) is 11. The lowest BCUT2D eigenvalue weighted by Gasteiger charge is -2.31. The van der Waals surface area contributed by atoms with Crippen molar-refractivity contribution in [3.8, 4) is 5.69 Å². The first-order chi connectivity index (χ1) is 32.3. The fourth-order valence-electron chi connectivity index (χ4n) is 9.45. The topological polar surface area (TPSA) is 214 Å². The van der Waals surface area contributed by atoms with E-state index in [1.165, 1.54) is 23.1 Å². The monoisotopic (exact) mass is 935 g/mol. The number of imide groups is 1. The molecular formula is C50H62FN9O8. The van der Waals surface area contributed by atoms with E-state index in [0.29, 0.717) is 115 Å². The maximum absolute atomic E-state index is 14.2. The molecule has 2 aromatic heterocycles. The SMILES string of the molecule is CCN(CC)CCN(C(=O)OCCN(C)C(=O)OC1CCC(Nc2cc(-n3nc(C)c4c3CC(C)(C)CC4=O)ccc2C(N)=O)CC1)C(=O)c1c(C)[nH]c(/C=C2\C(=O)Nc3ccc(F)cc32)c1C. The number of rotatable bonds is 15. The number of halogens is 1. The Hall–Kier alpha value is -6.82. The first-order valence-electron chi connectivity index (χ1n) is 23.3. The van der Waals surface area contributed by atoms with Crippen LogP contribution in [0.1, 0.15) is 125 Å². The largest absolute Gasteiger partial charge is 0.447 e. The number of ketones is 1. The second kappa shape index (κ2) is 20.2. The number of ether oxygens (including phenoxy) is 2. The molecule has 0 radical (unpaired) electrons. The van der Waals surface area contributed by atoms with Crippen molar-refractivity contribution in [3.05, 3.63) is 92.8 Å². The van der Waals surface area contributed by atoms with Crippen LogP contribution in [0.3, 0.4) is 0 Å². The van der Waals surface area contributed by atoms with Crippen molar-refractivity contribution in [1.82, 2.24) is 29.5 Å². The number of anilines is 2. The number of H-pyrrole nitrogens is 1. The molecule has 3 aliphatic rings. The van der Waals surface area contributed by atoms with E-state index >= 15 is 0 Å². The van der Waals surface area contributed by atoms with Crippen LogP contribution in [0.15, 0.2) is 36.4 Å². The summed E-state index contributed by atoms with van der Waals surface area (Å²) in [6, 6.07) is 9.28. The summed E-state index contributed by atoms with van der Waals surface area (Å²) in [5.74, 6) is -2.00. The zero-order valence-electron chi connectivity index (χ0n) is 40.1. The third-order valence-corrected chi connectivity index (χ3v) is 13.2. The van der Waals surface area contributed by atoms with Gasteiger partial charge in [-0.15, -0.1) is 0 Å². The predicted molar refractivity (Wildman–Crippen MR) is 255 cm³/mol. The maximum atomic E-state index is 14.2. The highest BCUT2D eigenvalue weighted by Crippen LogP contribution is 2.38. The first-order valence-corrected chi connectivity index (χ1v) is 23.3. The van der Waals surface area contributed by atoms with Crippen LogP contribution in [0.25, 0.3) is 17.3 Å². The molecule has 7 rings (SSSR count). The molecule has 3 heterocycles. The van der Waals surface area contributed by atoms with E-state index in [4.69, 9.17) is 20.3 Å². The number of likely N-dealkylation sites (N-methyl/N-ethyl adjacent to an activating group) is 2. The lowest BCUT2D eigenvalue weighted by molar-refractivity contribution is -0.110. The van der Waals surface area contributed by atoms with Crippen molar-refractivity contribution in [2.45, 2.75) is 99.1 Å². The molecule has 2 aliphatic carbocycles. The normalized spacial score (nSPS) is 17.9. The number of hydrogen-bond donors (Lipinski definition) is 4. The molecule has 17 nitrogen and oxygen atoms in total. The van der Waals surface area contributed by atoms with Crippen molar-refractivity contribution < 1.29 is 42.6 Å². The number of Topliss-reactive ketones (excluding diaryl/α,β-unsaturated/α-hetero) is 1. The molecule has 2 aromatic carbocycles. The number of benzene rings is 2. The Morgan fingerprint density at radius 2 is 1.69 bits per heavy atom. The van der Waals surface area contributed by atoms with Gasteiger partial charge < -0.3 is 40.6 Å². The molecule has 5 amide bonds. The summed E-state index contributed by atoms with van der Waals surface area (Å²) in [6.45, 7) is 15.0. The summed E-state index contributed by atoms with van der Waals surface area (Å²) >= 11 is 0. The highest BCUT2D eigenvalue weighted by atomic mass is 19.1. The lowest BCUT2D eigenvalue weighted by Crippen LogP contribution is -2.44. The van der Waals surface area contributed by atoms with E-state index in [9.17, 15) is 33.2 Å². The number of carbonyl (C=O) groups excluding carboxylic acids is 6. The Balaban J connectivity index is 0.945. The Bertz CT molecular complexity index is 2670. The lowest BCUT2D eigenvalue weighted by atomic mass is 9.75. The third kappa shape index (κ3) is 10.5. The fourth-order valence-corrected chi connectivity index (χ4v) is 9.45. The minimum absolute atomic E-state index is 0.000484. The minimum Gasteiger partial charge on any atom is -0.447 e. The molecule has 0 saturated heterocycles. The number of aromatic nitrogens is 3. The van der Waals surface area contributed by atoms with E-state index in [-0.39, 0.29) is 54.2 Å². The fraction of sp³-hybridized carbons (Fsp3) is 0.460. The van der Waals surface area contributed by atoms with E-state index in [2.05, 4.69) is 34.4 Å². The van der Waals surface area contributed by atoms with Gasteiger partial charge in [0.05, 0.1) is 45.9 Å². The molecule has 0 bridgehead atoms. The van der Waals surface area contributed by atoms with Crippen LogP contribution in [0.2, 0.25) is 0 Å². The Kier molecular flexibility index (Phi) is 14.6. The number of fused-ring (bicyclic) bond motifs is 2. The number of nitrogens with one attached hydrogen (secondary N) is 3. The van der Waals surface area contributed by atoms with Gasteiger partial charge in [0.15, 0.2) is 5.78 Å². The van der Waals surface area contributed by atoms with Crippen LogP contribution in [-0.2, 0) is 20.7 Å².